The zero-order valence-corrected chi connectivity index (χ0v) is 15.2. The molecular formula is C20H24O7. The largest absolute Gasteiger partial charge is 0.461 e. The number of fused-ring (bicyclic) bond motifs is 1. The fourth-order valence-electron chi connectivity index (χ4n) is 7.76. The molecule has 3 aliphatic carbocycles. The summed E-state index contributed by atoms with van der Waals surface area (Å²) in [5, 5.41) is 21.8. The van der Waals surface area contributed by atoms with Crippen molar-refractivity contribution in [2.45, 2.75) is 57.4 Å². The van der Waals surface area contributed by atoms with Crippen LogP contribution in [-0.4, -0.2) is 53.4 Å². The predicted octanol–water partition coefficient (Wildman–Crippen LogP) is 0.532. The van der Waals surface area contributed by atoms with Crippen molar-refractivity contribution < 1.29 is 34.0 Å². The maximum Gasteiger partial charge on any atom is 0.320 e. The molecule has 0 amide bonds. The van der Waals surface area contributed by atoms with Crippen LogP contribution in [0.5, 0.6) is 0 Å². The Morgan fingerprint density at radius 1 is 1.22 bits per heavy atom. The van der Waals surface area contributed by atoms with Crippen molar-refractivity contribution >= 4 is 11.8 Å². The monoisotopic (exact) mass is 376 g/mol. The van der Waals surface area contributed by atoms with Gasteiger partial charge in [-0.05, 0) is 37.2 Å². The summed E-state index contributed by atoms with van der Waals surface area (Å²) in [6, 6.07) is 0. The van der Waals surface area contributed by atoms with Crippen LogP contribution in [0.2, 0.25) is 0 Å². The number of allylic oxidation sites excluding steroid dienone is 1. The van der Waals surface area contributed by atoms with Gasteiger partial charge in [-0.1, -0.05) is 13.5 Å². The minimum Gasteiger partial charge on any atom is -0.461 e. The third-order valence-electron chi connectivity index (χ3n) is 8.82. The molecule has 6 fully saturated rings. The van der Waals surface area contributed by atoms with E-state index in [1.54, 1.807) is 0 Å². The molecule has 7 nitrogen and oxygen atoms in total. The molecule has 6 rings (SSSR count). The molecule has 6 aliphatic rings. The summed E-state index contributed by atoms with van der Waals surface area (Å²) in [4.78, 5) is 26.4. The van der Waals surface area contributed by atoms with E-state index in [-0.39, 0.29) is 24.2 Å². The molecule has 10 atom stereocenters. The quantitative estimate of drug-likeness (QED) is 0.361. The van der Waals surface area contributed by atoms with Crippen LogP contribution in [0.1, 0.15) is 32.6 Å². The fourth-order valence-corrected chi connectivity index (χ4v) is 7.76. The number of ketones is 1. The third kappa shape index (κ3) is 1.52. The number of hydrogen-bond donors (Lipinski definition) is 2. The fraction of sp³-hybridized carbons (Fsp3) is 0.800. The number of aliphatic hydroxyl groups excluding tert-OH is 2. The molecule has 3 heterocycles. The number of carbonyl (C=O) groups is 2. The van der Waals surface area contributed by atoms with E-state index in [1.807, 2.05) is 6.92 Å². The summed E-state index contributed by atoms with van der Waals surface area (Å²) in [5.41, 5.74) is -2.23. The van der Waals surface area contributed by atoms with Gasteiger partial charge in [0.2, 0.25) is 0 Å². The van der Waals surface area contributed by atoms with E-state index in [4.69, 9.17) is 14.2 Å². The smallest absolute Gasteiger partial charge is 0.320 e. The number of ether oxygens (including phenoxy) is 3. The second-order valence-corrected chi connectivity index (χ2v) is 9.70. The van der Waals surface area contributed by atoms with Gasteiger partial charge in [-0.3, -0.25) is 9.59 Å². The zero-order chi connectivity index (χ0) is 18.9. The Morgan fingerprint density at radius 2 is 2.00 bits per heavy atom. The van der Waals surface area contributed by atoms with Crippen molar-refractivity contribution in [3.8, 4) is 0 Å². The van der Waals surface area contributed by atoms with Crippen LogP contribution in [0.25, 0.3) is 0 Å². The third-order valence-corrected chi connectivity index (χ3v) is 8.82. The van der Waals surface area contributed by atoms with E-state index in [0.717, 1.165) is 0 Å². The minimum atomic E-state index is -1.38. The van der Waals surface area contributed by atoms with Crippen molar-refractivity contribution in [2.24, 2.45) is 34.0 Å². The van der Waals surface area contributed by atoms with Gasteiger partial charge in [-0.25, -0.2) is 0 Å². The molecule has 0 aromatic rings. The minimum absolute atomic E-state index is 0.178. The average Bonchev–Trinajstić information content (AvgIpc) is 3.19. The molecule has 2 spiro atoms. The summed E-state index contributed by atoms with van der Waals surface area (Å²) in [6.45, 7) is 6.16. The van der Waals surface area contributed by atoms with E-state index >= 15 is 0 Å². The standard InChI is InChI=1S/C20H24O7/c1-8-9-5-10(21)12-19(6-9,14(8)22)17(24)26-11-3-4-18(2)13-15(27-16(18)23)25-7-20(11,12)13/h9-13,15-16,21,23H,1,3-7H2,2H3/t9-,10-,11+,12-,13-,15-,16+,18-,19+,20+/m1/s1. The maximum atomic E-state index is 13.2. The molecule has 2 N–H and O–H groups in total. The number of aliphatic hydroxyl groups is 2. The molecule has 0 unspecified atom stereocenters. The van der Waals surface area contributed by atoms with Crippen LogP contribution < -0.4 is 0 Å². The molecule has 3 saturated heterocycles. The SMILES string of the molecule is C=C1C(=O)[C@]23C[C@H]1C[C@@H](O)[C@H]2[C@]12CO[C@@H]4O[C@H](O)[C@](C)(CC[C@@H]1OC3=O)[C@@H]42. The Morgan fingerprint density at radius 3 is 2.78 bits per heavy atom. The number of esters is 1. The molecule has 0 aromatic heterocycles. The van der Waals surface area contributed by atoms with E-state index in [9.17, 15) is 19.8 Å². The zero-order valence-electron chi connectivity index (χ0n) is 15.2. The number of Topliss-reactive ketones (excluding diaryl/α,β-unsaturated/α-hetero) is 1. The van der Waals surface area contributed by atoms with E-state index in [2.05, 4.69) is 6.58 Å². The first kappa shape index (κ1) is 16.7. The molecule has 0 radical (unpaired) electrons. The molecule has 2 bridgehead atoms. The molecule has 0 aromatic carbocycles. The summed E-state index contributed by atoms with van der Waals surface area (Å²) in [6.07, 6.45) is -0.846. The number of hydrogen-bond acceptors (Lipinski definition) is 7. The second-order valence-electron chi connectivity index (χ2n) is 9.70. The summed E-state index contributed by atoms with van der Waals surface area (Å²) in [7, 11) is 0. The van der Waals surface area contributed by atoms with Crippen LogP contribution >= 0.6 is 0 Å². The van der Waals surface area contributed by atoms with Crippen molar-refractivity contribution in [3.63, 3.8) is 0 Å². The lowest BCUT2D eigenvalue weighted by Crippen LogP contribution is -2.70. The lowest BCUT2D eigenvalue weighted by atomic mass is 9.43. The van der Waals surface area contributed by atoms with Gasteiger partial charge in [-0.15, -0.1) is 0 Å². The molecule has 27 heavy (non-hydrogen) atoms. The van der Waals surface area contributed by atoms with Gasteiger partial charge in [0.1, 0.15) is 11.5 Å². The van der Waals surface area contributed by atoms with E-state index in [0.29, 0.717) is 31.3 Å². The molecule has 3 saturated carbocycles. The molecular weight excluding hydrogens is 352 g/mol. The lowest BCUT2D eigenvalue weighted by Gasteiger charge is -2.61. The Labute approximate surface area is 156 Å². The summed E-state index contributed by atoms with van der Waals surface area (Å²) >= 11 is 0. The van der Waals surface area contributed by atoms with Gasteiger partial charge in [0, 0.05) is 22.7 Å². The first-order chi connectivity index (χ1) is 12.8. The average molecular weight is 376 g/mol. The van der Waals surface area contributed by atoms with Gasteiger partial charge >= 0.3 is 5.97 Å². The lowest BCUT2D eigenvalue weighted by molar-refractivity contribution is -0.257. The molecule has 3 aliphatic heterocycles. The van der Waals surface area contributed by atoms with Crippen molar-refractivity contribution in [2.75, 3.05) is 6.61 Å². The highest BCUT2D eigenvalue weighted by Gasteiger charge is 2.81. The van der Waals surface area contributed by atoms with E-state index in [1.165, 1.54) is 0 Å². The van der Waals surface area contributed by atoms with Gasteiger partial charge in [-0.2, -0.15) is 0 Å². The van der Waals surface area contributed by atoms with Crippen LogP contribution in [0.4, 0.5) is 0 Å². The van der Waals surface area contributed by atoms with Crippen molar-refractivity contribution in [1.29, 1.82) is 0 Å². The Bertz CT molecular complexity index is 793. The van der Waals surface area contributed by atoms with Crippen molar-refractivity contribution in [1.82, 2.24) is 0 Å². The first-order valence-corrected chi connectivity index (χ1v) is 9.84. The van der Waals surface area contributed by atoms with E-state index < -0.39 is 52.9 Å². The molecule has 146 valence electrons. The van der Waals surface area contributed by atoms with Crippen LogP contribution in [0, 0.1) is 34.0 Å². The number of rotatable bonds is 0. The van der Waals surface area contributed by atoms with Crippen LogP contribution in [-0.2, 0) is 23.8 Å². The van der Waals surface area contributed by atoms with Gasteiger partial charge in [0.05, 0.1) is 12.7 Å². The highest BCUT2D eigenvalue weighted by molar-refractivity contribution is 6.15. The first-order valence-electron chi connectivity index (χ1n) is 9.84. The summed E-state index contributed by atoms with van der Waals surface area (Å²) in [5.74, 6) is -1.80. The van der Waals surface area contributed by atoms with Crippen molar-refractivity contribution in [3.05, 3.63) is 12.2 Å². The van der Waals surface area contributed by atoms with Gasteiger partial charge in [0.25, 0.3) is 0 Å². The van der Waals surface area contributed by atoms with Gasteiger partial charge in [0.15, 0.2) is 18.4 Å². The highest BCUT2D eigenvalue weighted by atomic mass is 16.7. The maximum absolute atomic E-state index is 13.2. The Hall–Kier alpha value is -1.28. The normalized spacial score (nSPS) is 60.7. The Balaban J connectivity index is 1.59. The topological polar surface area (TPSA) is 102 Å². The summed E-state index contributed by atoms with van der Waals surface area (Å²) < 4.78 is 17.6. The predicted molar refractivity (Wildman–Crippen MR) is 88.8 cm³/mol. The van der Waals surface area contributed by atoms with Crippen LogP contribution in [0.15, 0.2) is 12.2 Å². The number of carbonyl (C=O) groups excluding carboxylic acids is 2. The second kappa shape index (κ2) is 4.64. The van der Waals surface area contributed by atoms with Crippen LogP contribution in [0.3, 0.4) is 0 Å². The molecule has 7 heteroatoms. The highest BCUT2D eigenvalue weighted by Crippen LogP contribution is 2.73. The Kier molecular flexibility index (Phi) is 2.87. The van der Waals surface area contributed by atoms with Gasteiger partial charge < -0.3 is 24.4 Å².